The van der Waals surface area contributed by atoms with Crippen molar-refractivity contribution in [2.75, 3.05) is 18.0 Å². The quantitative estimate of drug-likeness (QED) is 0.521. The summed E-state index contributed by atoms with van der Waals surface area (Å²) in [6, 6.07) is 12.7. The highest BCUT2D eigenvalue weighted by atomic mass is 19.1. The van der Waals surface area contributed by atoms with Gasteiger partial charge in [-0.2, -0.15) is 5.10 Å². The molecule has 2 aliphatic rings. The van der Waals surface area contributed by atoms with Gasteiger partial charge in [0.2, 0.25) is 0 Å². The van der Waals surface area contributed by atoms with Crippen molar-refractivity contribution in [1.29, 1.82) is 0 Å². The van der Waals surface area contributed by atoms with Gasteiger partial charge in [0.05, 0.1) is 17.6 Å². The van der Waals surface area contributed by atoms with Crippen LogP contribution in [-0.4, -0.2) is 32.7 Å². The monoisotopic (exact) mass is 428 g/mol. The lowest BCUT2D eigenvalue weighted by Gasteiger charge is -2.42. The van der Waals surface area contributed by atoms with E-state index in [1.165, 1.54) is 17.7 Å². The Morgan fingerprint density at radius 3 is 2.72 bits per heavy atom. The summed E-state index contributed by atoms with van der Waals surface area (Å²) < 4.78 is 15.8. The van der Waals surface area contributed by atoms with E-state index in [1.807, 2.05) is 35.8 Å². The van der Waals surface area contributed by atoms with E-state index in [9.17, 15) is 4.39 Å². The summed E-state index contributed by atoms with van der Waals surface area (Å²) in [7, 11) is 0. The molecular formula is C25H25FN6. The van der Waals surface area contributed by atoms with Crippen LogP contribution < -0.4 is 10.6 Å². The summed E-state index contributed by atoms with van der Waals surface area (Å²) in [5, 5.41) is 4.55. The van der Waals surface area contributed by atoms with Gasteiger partial charge in [0.25, 0.3) is 0 Å². The highest BCUT2D eigenvalue weighted by Gasteiger charge is 2.46. The number of hydrogen-bond acceptors (Lipinski definition) is 5. The lowest BCUT2D eigenvalue weighted by molar-refractivity contribution is 0.187. The Kier molecular flexibility index (Phi) is 4.30. The summed E-state index contributed by atoms with van der Waals surface area (Å²) in [5.41, 5.74) is 12.5. The van der Waals surface area contributed by atoms with Crippen LogP contribution in [0.3, 0.4) is 0 Å². The second kappa shape index (κ2) is 7.10. The number of nitrogens with two attached hydrogens (primary N) is 1. The topological polar surface area (TPSA) is 72.3 Å². The number of rotatable bonds is 2. The maximum atomic E-state index is 13.9. The molecule has 1 aromatic carbocycles. The molecule has 32 heavy (non-hydrogen) atoms. The highest BCUT2D eigenvalue weighted by Crippen LogP contribution is 2.50. The molecule has 0 amide bonds. The minimum atomic E-state index is -0.268. The lowest BCUT2D eigenvalue weighted by atomic mass is 9.73. The molecule has 4 aromatic rings. The molecule has 0 bridgehead atoms. The fourth-order valence-corrected chi connectivity index (χ4v) is 5.58. The zero-order chi connectivity index (χ0) is 21.9. The first kappa shape index (κ1) is 19.4. The fraction of sp³-hybridized carbons (Fsp3) is 0.320. The standard InChI is InChI=1S/C25H25FN6/c1-16-22(17-4-2-5-18(26)14-17)32-21(7-11-29-32)24(30-16)31-12-8-25(9-13-31)15-20-19(23(25)27)6-3-10-28-20/h2-7,10-11,14,23H,8-9,12-13,15,27H2,1H3/t23-/m1/s1. The number of nitrogens with zero attached hydrogens (tertiary/aromatic N) is 5. The third-order valence-electron chi connectivity index (χ3n) is 7.30. The summed E-state index contributed by atoms with van der Waals surface area (Å²) in [6.07, 6.45) is 6.59. The third-order valence-corrected chi connectivity index (χ3v) is 7.30. The summed E-state index contributed by atoms with van der Waals surface area (Å²) in [6.45, 7) is 3.73. The molecule has 1 fully saturated rings. The molecule has 6 nitrogen and oxygen atoms in total. The maximum absolute atomic E-state index is 13.9. The van der Waals surface area contributed by atoms with Crippen molar-refractivity contribution in [1.82, 2.24) is 19.6 Å². The molecule has 6 rings (SSSR count). The van der Waals surface area contributed by atoms with Gasteiger partial charge < -0.3 is 10.6 Å². The van der Waals surface area contributed by atoms with Gasteiger partial charge in [0.1, 0.15) is 11.3 Å². The fourth-order valence-electron chi connectivity index (χ4n) is 5.58. The molecule has 1 spiro atoms. The zero-order valence-electron chi connectivity index (χ0n) is 18.0. The van der Waals surface area contributed by atoms with Crippen molar-refractivity contribution in [2.24, 2.45) is 11.1 Å². The van der Waals surface area contributed by atoms with Crippen LogP contribution in [0, 0.1) is 18.2 Å². The van der Waals surface area contributed by atoms with Crippen LogP contribution in [0.1, 0.15) is 35.8 Å². The molecule has 2 N–H and O–H groups in total. The number of aromatic nitrogens is 4. The molecule has 4 heterocycles. The number of piperidine rings is 1. The second-order valence-electron chi connectivity index (χ2n) is 9.05. The van der Waals surface area contributed by atoms with Crippen molar-refractivity contribution in [3.05, 3.63) is 77.6 Å². The molecule has 3 aromatic heterocycles. The molecule has 0 unspecified atom stereocenters. The van der Waals surface area contributed by atoms with E-state index in [2.05, 4.69) is 21.0 Å². The SMILES string of the molecule is Cc1nc(N2CCC3(CC2)Cc2ncccc2[C@H]3N)c2ccnn2c1-c1cccc(F)c1. The van der Waals surface area contributed by atoms with E-state index in [1.54, 1.807) is 12.3 Å². The van der Waals surface area contributed by atoms with E-state index in [0.717, 1.165) is 66.3 Å². The Hall–Kier alpha value is -3.32. The molecule has 1 aliphatic carbocycles. The molecule has 0 radical (unpaired) electrons. The molecule has 1 atom stereocenters. The minimum absolute atomic E-state index is 0.0355. The van der Waals surface area contributed by atoms with Crippen LogP contribution in [0.5, 0.6) is 0 Å². The average molecular weight is 429 g/mol. The molecule has 1 saturated heterocycles. The van der Waals surface area contributed by atoms with Gasteiger partial charge in [0, 0.05) is 36.6 Å². The smallest absolute Gasteiger partial charge is 0.155 e. The largest absolute Gasteiger partial charge is 0.355 e. The van der Waals surface area contributed by atoms with Crippen LogP contribution in [0.15, 0.2) is 54.9 Å². The number of benzene rings is 1. The van der Waals surface area contributed by atoms with Crippen molar-refractivity contribution in [3.8, 4) is 11.3 Å². The van der Waals surface area contributed by atoms with Gasteiger partial charge in [-0.3, -0.25) is 4.98 Å². The number of aryl methyl sites for hydroxylation is 1. The molecule has 1 aliphatic heterocycles. The molecule has 0 saturated carbocycles. The first-order valence-corrected chi connectivity index (χ1v) is 11.1. The first-order chi connectivity index (χ1) is 15.6. The van der Waals surface area contributed by atoms with Crippen molar-refractivity contribution in [2.45, 2.75) is 32.2 Å². The van der Waals surface area contributed by atoms with E-state index in [4.69, 9.17) is 10.7 Å². The number of halogens is 1. The van der Waals surface area contributed by atoms with Crippen LogP contribution in [0.2, 0.25) is 0 Å². The molecular weight excluding hydrogens is 403 g/mol. The van der Waals surface area contributed by atoms with Crippen molar-refractivity contribution >= 4 is 11.3 Å². The van der Waals surface area contributed by atoms with Crippen molar-refractivity contribution < 1.29 is 4.39 Å². The summed E-state index contributed by atoms with van der Waals surface area (Å²) in [4.78, 5) is 11.9. The summed E-state index contributed by atoms with van der Waals surface area (Å²) in [5.74, 6) is 0.660. The molecule has 7 heteroatoms. The first-order valence-electron chi connectivity index (χ1n) is 11.1. The Morgan fingerprint density at radius 1 is 1.09 bits per heavy atom. The summed E-state index contributed by atoms with van der Waals surface area (Å²) >= 11 is 0. The Balaban J connectivity index is 1.33. The Morgan fingerprint density at radius 2 is 1.94 bits per heavy atom. The normalized spacial score (nSPS) is 19.6. The maximum Gasteiger partial charge on any atom is 0.155 e. The number of pyridine rings is 1. The van der Waals surface area contributed by atoms with Gasteiger partial charge >= 0.3 is 0 Å². The van der Waals surface area contributed by atoms with Gasteiger partial charge in [-0.25, -0.2) is 13.9 Å². The number of anilines is 1. The van der Waals surface area contributed by atoms with Gasteiger partial charge in [-0.1, -0.05) is 18.2 Å². The third kappa shape index (κ3) is 2.84. The Labute approximate surface area is 185 Å². The minimum Gasteiger partial charge on any atom is -0.355 e. The van der Waals surface area contributed by atoms with Crippen LogP contribution in [0.25, 0.3) is 16.8 Å². The lowest BCUT2D eigenvalue weighted by Crippen LogP contribution is -2.44. The van der Waals surface area contributed by atoms with Crippen molar-refractivity contribution in [3.63, 3.8) is 0 Å². The van der Waals surface area contributed by atoms with Crippen LogP contribution >= 0.6 is 0 Å². The van der Waals surface area contributed by atoms with E-state index < -0.39 is 0 Å². The number of fused-ring (bicyclic) bond motifs is 2. The van der Waals surface area contributed by atoms with Crippen LogP contribution in [0.4, 0.5) is 10.2 Å². The number of hydrogen-bond donors (Lipinski definition) is 1. The van der Waals surface area contributed by atoms with E-state index >= 15 is 0 Å². The van der Waals surface area contributed by atoms with E-state index in [-0.39, 0.29) is 17.3 Å². The van der Waals surface area contributed by atoms with Gasteiger partial charge in [0.15, 0.2) is 5.82 Å². The van der Waals surface area contributed by atoms with E-state index in [0.29, 0.717) is 0 Å². The second-order valence-corrected chi connectivity index (χ2v) is 9.05. The van der Waals surface area contributed by atoms with Gasteiger partial charge in [-0.15, -0.1) is 0 Å². The Bertz CT molecular complexity index is 1320. The predicted molar refractivity (Wildman–Crippen MR) is 122 cm³/mol. The average Bonchev–Trinajstić information content (AvgIpc) is 3.38. The highest BCUT2D eigenvalue weighted by molar-refractivity contribution is 5.75. The zero-order valence-corrected chi connectivity index (χ0v) is 18.0. The molecule has 162 valence electrons. The predicted octanol–water partition coefficient (Wildman–Crippen LogP) is 4.08. The van der Waals surface area contributed by atoms with Crippen LogP contribution in [-0.2, 0) is 6.42 Å². The van der Waals surface area contributed by atoms with Gasteiger partial charge in [-0.05, 0) is 61.4 Å².